The van der Waals surface area contributed by atoms with Crippen LogP contribution in [0.1, 0.15) is 12.5 Å². The van der Waals surface area contributed by atoms with Crippen LogP contribution in [0.5, 0.6) is 0 Å². The highest BCUT2D eigenvalue weighted by molar-refractivity contribution is 5.81. The molecule has 98 valence electrons. The minimum Gasteiger partial charge on any atom is -0.372 e. The number of guanidine groups is 1. The average Bonchev–Trinajstić information content (AvgIpc) is 2.83. The Balaban J connectivity index is 2.05. The maximum atomic E-state index is 5.68. The van der Waals surface area contributed by atoms with Crippen molar-refractivity contribution in [2.24, 2.45) is 4.99 Å². The molecule has 0 fully saturated rings. The molecular formula is C14H21N3O. The van der Waals surface area contributed by atoms with E-state index in [1.54, 1.807) is 7.11 Å². The van der Waals surface area contributed by atoms with E-state index in [0.29, 0.717) is 6.54 Å². The molecule has 0 saturated heterocycles. The Morgan fingerprint density at radius 2 is 2.11 bits per heavy atom. The highest BCUT2D eigenvalue weighted by Gasteiger charge is 2.27. The van der Waals surface area contributed by atoms with E-state index in [4.69, 9.17) is 4.74 Å². The van der Waals surface area contributed by atoms with Crippen LogP contribution >= 0.6 is 0 Å². The molecule has 0 aliphatic carbocycles. The zero-order valence-corrected chi connectivity index (χ0v) is 11.3. The number of hydrogen-bond donors (Lipinski definition) is 1. The summed E-state index contributed by atoms with van der Waals surface area (Å²) >= 11 is 0. The van der Waals surface area contributed by atoms with Crippen LogP contribution in [0, 0.1) is 0 Å². The summed E-state index contributed by atoms with van der Waals surface area (Å²) < 4.78 is 5.68. The number of hydrogen-bond acceptors (Lipinski definition) is 4. The van der Waals surface area contributed by atoms with E-state index >= 15 is 0 Å². The van der Waals surface area contributed by atoms with Gasteiger partial charge in [-0.3, -0.25) is 4.99 Å². The van der Waals surface area contributed by atoms with E-state index < -0.39 is 0 Å². The molecule has 1 aromatic rings. The predicted octanol–water partition coefficient (Wildman–Crippen LogP) is 1.44. The van der Waals surface area contributed by atoms with E-state index in [-0.39, 0.29) is 5.60 Å². The van der Waals surface area contributed by atoms with Gasteiger partial charge in [-0.15, -0.1) is 0 Å². The highest BCUT2D eigenvalue weighted by atomic mass is 16.5. The molecule has 0 spiro atoms. The summed E-state index contributed by atoms with van der Waals surface area (Å²) in [7, 11) is 3.79. The van der Waals surface area contributed by atoms with Gasteiger partial charge in [0.15, 0.2) is 5.96 Å². The molecule has 1 heterocycles. The SMILES string of the molecule is COC(C)(CNC1=NCCN1C)c1ccccc1. The monoisotopic (exact) mass is 247 g/mol. The lowest BCUT2D eigenvalue weighted by atomic mass is 9.96. The van der Waals surface area contributed by atoms with Gasteiger partial charge in [0.25, 0.3) is 0 Å². The van der Waals surface area contributed by atoms with Crippen molar-refractivity contribution in [2.75, 3.05) is 33.8 Å². The Morgan fingerprint density at radius 3 is 2.67 bits per heavy atom. The van der Waals surface area contributed by atoms with Crippen molar-refractivity contribution in [1.82, 2.24) is 10.2 Å². The fourth-order valence-electron chi connectivity index (χ4n) is 2.05. The summed E-state index contributed by atoms with van der Waals surface area (Å²) in [6.07, 6.45) is 0. The van der Waals surface area contributed by atoms with Crippen LogP contribution in [0.25, 0.3) is 0 Å². The van der Waals surface area contributed by atoms with Crippen LogP contribution in [0.15, 0.2) is 35.3 Å². The third kappa shape index (κ3) is 2.64. The van der Waals surface area contributed by atoms with Gasteiger partial charge in [0.2, 0.25) is 0 Å². The molecule has 2 rings (SSSR count). The fourth-order valence-corrected chi connectivity index (χ4v) is 2.05. The first-order valence-corrected chi connectivity index (χ1v) is 6.26. The summed E-state index contributed by atoms with van der Waals surface area (Å²) in [6.45, 7) is 4.65. The molecule has 1 aliphatic heterocycles. The number of nitrogens with one attached hydrogen (secondary N) is 1. The Morgan fingerprint density at radius 1 is 1.39 bits per heavy atom. The summed E-state index contributed by atoms with van der Waals surface area (Å²) in [5, 5.41) is 3.37. The maximum Gasteiger partial charge on any atom is 0.193 e. The molecule has 4 nitrogen and oxygen atoms in total. The van der Waals surface area contributed by atoms with Gasteiger partial charge in [0.05, 0.1) is 13.1 Å². The van der Waals surface area contributed by atoms with Gasteiger partial charge < -0.3 is 15.0 Å². The molecule has 1 aliphatic rings. The van der Waals surface area contributed by atoms with Gasteiger partial charge >= 0.3 is 0 Å². The molecule has 0 amide bonds. The summed E-state index contributed by atoms with van der Waals surface area (Å²) in [6, 6.07) is 10.3. The predicted molar refractivity (Wildman–Crippen MR) is 73.7 cm³/mol. The normalized spacial score (nSPS) is 18.4. The first-order chi connectivity index (χ1) is 8.65. The van der Waals surface area contributed by atoms with E-state index in [1.807, 2.05) is 25.2 Å². The van der Waals surface area contributed by atoms with Gasteiger partial charge in [-0.2, -0.15) is 0 Å². The molecule has 1 unspecified atom stereocenters. The maximum absolute atomic E-state index is 5.68. The summed E-state index contributed by atoms with van der Waals surface area (Å²) in [4.78, 5) is 6.55. The van der Waals surface area contributed by atoms with Crippen molar-refractivity contribution in [3.63, 3.8) is 0 Å². The molecular weight excluding hydrogens is 226 g/mol. The van der Waals surface area contributed by atoms with Crippen molar-refractivity contribution in [1.29, 1.82) is 0 Å². The van der Waals surface area contributed by atoms with Crippen molar-refractivity contribution in [3.05, 3.63) is 35.9 Å². The van der Waals surface area contributed by atoms with E-state index in [0.717, 1.165) is 19.0 Å². The second-order valence-corrected chi connectivity index (χ2v) is 4.78. The van der Waals surface area contributed by atoms with Crippen LogP contribution in [0.3, 0.4) is 0 Å². The number of nitrogens with zero attached hydrogens (tertiary/aromatic N) is 2. The molecule has 0 bridgehead atoms. The van der Waals surface area contributed by atoms with Crippen molar-refractivity contribution >= 4 is 5.96 Å². The number of aliphatic imine (C=N–C) groups is 1. The van der Waals surface area contributed by atoms with Gasteiger partial charge in [0, 0.05) is 20.7 Å². The van der Waals surface area contributed by atoms with E-state index in [9.17, 15) is 0 Å². The number of rotatable bonds is 4. The average molecular weight is 247 g/mol. The molecule has 1 N–H and O–H groups in total. The van der Waals surface area contributed by atoms with E-state index in [2.05, 4.69) is 34.3 Å². The Kier molecular flexibility index (Phi) is 3.87. The van der Waals surface area contributed by atoms with Crippen LogP contribution in [0.4, 0.5) is 0 Å². The molecule has 0 radical (unpaired) electrons. The second kappa shape index (κ2) is 5.40. The highest BCUT2D eigenvalue weighted by Crippen LogP contribution is 2.23. The van der Waals surface area contributed by atoms with Crippen LogP contribution in [0.2, 0.25) is 0 Å². The summed E-state index contributed by atoms with van der Waals surface area (Å²) in [5.74, 6) is 0.953. The first kappa shape index (κ1) is 12.9. The van der Waals surface area contributed by atoms with Crippen molar-refractivity contribution in [2.45, 2.75) is 12.5 Å². The Labute approximate surface area is 109 Å². The third-order valence-electron chi connectivity index (χ3n) is 3.48. The topological polar surface area (TPSA) is 36.9 Å². The largest absolute Gasteiger partial charge is 0.372 e. The number of benzene rings is 1. The van der Waals surface area contributed by atoms with Gasteiger partial charge in [-0.05, 0) is 12.5 Å². The number of methoxy groups -OCH3 is 1. The lowest BCUT2D eigenvalue weighted by Crippen LogP contribution is -2.44. The lowest BCUT2D eigenvalue weighted by molar-refractivity contribution is 0.00590. The zero-order chi connectivity index (χ0) is 13.0. The van der Waals surface area contributed by atoms with Crippen molar-refractivity contribution in [3.8, 4) is 0 Å². The Hall–Kier alpha value is -1.55. The molecule has 4 heteroatoms. The minimum absolute atomic E-state index is 0.340. The fraction of sp³-hybridized carbons (Fsp3) is 0.500. The number of likely N-dealkylation sites (N-methyl/N-ethyl adjacent to an activating group) is 1. The standard InChI is InChI=1S/C14H21N3O/c1-14(18-3,12-7-5-4-6-8-12)11-16-13-15-9-10-17(13)2/h4-8H,9-11H2,1-3H3,(H,15,16). The first-order valence-electron chi connectivity index (χ1n) is 6.26. The van der Waals surface area contributed by atoms with Gasteiger partial charge in [0.1, 0.15) is 5.60 Å². The van der Waals surface area contributed by atoms with Crippen molar-refractivity contribution < 1.29 is 4.74 Å². The van der Waals surface area contributed by atoms with E-state index in [1.165, 1.54) is 5.56 Å². The van der Waals surface area contributed by atoms with Crippen LogP contribution in [-0.2, 0) is 10.3 Å². The minimum atomic E-state index is -0.340. The smallest absolute Gasteiger partial charge is 0.193 e. The number of ether oxygens (including phenoxy) is 1. The molecule has 1 atom stereocenters. The quantitative estimate of drug-likeness (QED) is 0.874. The Bertz CT molecular complexity index is 418. The zero-order valence-electron chi connectivity index (χ0n) is 11.3. The molecule has 18 heavy (non-hydrogen) atoms. The second-order valence-electron chi connectivity index (χ2n) is 4.78. The molecule has 0 saturated carbocycles. The van der Waals surface area contributed by atoms with Crippen LogP contribution < -0.4 is 5.32 Å². The lowest BCUT2D eigenvalue weighted by Gasteiger charge is -2.30. The van der Waals surface area contributed by atoms with Crippen LogP contribution in [-0.4, -0.2) is 44.7 Å². The van der Waals surface area contributed by atoms with Gasteiger partial charge in [-0.1, -0.05) is 30.3 Å². The third-order valence-corrected chi connectivity index (χ3v) is 3.48. The van der Waals surface area contributed by atoms with Gasteiger partial charge in [-0.25, -0.2) is 0 Å². The molecule has 0 aromatic heterocycles. The summed E-state index contributed by atoms with van der Waals surface area (Å²) in [5.41, 5.74) is 0.828. The molecule has 1 aromatic carbocycles.